The molecule has 1 heterocycles. The molecular formula is C14H18O6. The van der Waals surface area contributed by atoms with E-state index in [1.54, 1.807) is 30.3 Å². The minimum atomic E-state index is -1.45. The summed E-state index contributed by atoms with van der Waals surface area (Å²) in [4.78, 5) is 12.0. The van der Waals surface area contributed by atoms with Crippen LogP contribution >= 0.6 is 0 Å². The van der Waals surface area contributed by atoms with Crippen LogP contribution in [0.1, 0.15) is 16.8 Å². The highest BCUT2D eigenvalue weighted by atomic mass is 16.5. The van der Waals surface area contributed by atoms with Crippen LogP contribution in [0.15, 0.2) is 30.3 Å². The second-order valence-corrected chi connectivity index (χ2v) is 4.86. The van der Waals surface area contributed by atoms with Crippen LogP contribution in [0.25, 0.3) is 0 Å². The molecule has 110 valence electrons. The molecule has 0 saturated carbocycles. The van der Waals surface area contributed by atoms with Crippen molar-refractivity contribution in [1.82, 2.24) is 0 Å². The van der Waals surface area contributed by atoms with Crippen LogP contribution in [0.4, 0.5) is 0 Å². The Morgan fingerprint density at radius 2 is 1.60 bits per heavy atom. The van der Waals surface area contributed by atoms with E-state index in [0.717, 1.165) is 0 Å². The number of rotatable bonds is 4. The second kappa shape index (κ2) is 6.43. The minimum absolute atomic E-state index is 0.133. The lowest BCUT2D eigenvalue weighted by atomic mass is 9.91. The van der Waals surface area contributed by atoms with Crippen LogP contribution in [-0.4, -0.2) is 63.3 Å². The fourth-order valence-electron chi connectivity index (χ4n) is 2.27. The fourth-order valence-corrected chi connectivity index (χ4v) is 2.27. The topological polar surface area (TPSA) is 107 Å². The van der Waals surface area contributed by atoms with Gasteiger partial charge in [0.05, 0.1) is 12.7 Å². The molecule has 0 spiro atoms. The molecule has 1 aliphatic heterocycles. The van der Waals surface area contributed by atoms with Crippen LogP contribution < -0.4 is 0 Å². The molecule has 1 aliphatic rings. The molecule has 0 aliphatic carbocycles. The highest BCUT2D eigenvalue weighted by Gasteiger charge is 2.43. The first-order chi connectivity index (χ1) is 9.54. The molecule has 1 saturated heterocycles. The Hall–Kier alpha value is -1.31. The van der Waals surface area contributed by atoms with Crippen LogP contribution in [-0.2, 0) is 4.74 Å². The summed E-state index contributed by atoms with van der Waals surface area (Å²) in [7, 11) is 0. The summed E-state index contributed by atoms with van der Waals surface area (Å²) >= 11 is 0. The molecule has 1 fully saturated rings. The maximum Gasteiger partial charge on any atom is 0.165 e. The number of hydrogen-bond donors (Lipinski definition) is 4. The van der Waals surface area contributed by atoms with E-state index in [1.807, 2.05) is 0 Å². The van der Waals surface area contributed by atoms with E-state index in [9.17, 15) is 20.1 Å². The molecule has 2 rings (SSSR count). The quantitative estimate of drug-likeness (QED) is 0.533. The van der Waals surface area contributed by atoms with E-state index in [-0.39, 0.29) is 12.2 Å². The minimum Gasteiger partial charge on any atom is -0.394 e. The molecule has 4 N–H and O–H groups in total. The number of benzene rings is 1. The second-order valence-electron chi connectivity index (χ2n) is 4.86. The summed E-state index contributed by atoms with van der Waals surface area (Å²) in [5.74, 6) is -0.241. The summed E-state index contributed by atoms with van der Waals surface area (Å²) in [6.07, 6.45) is -6.31. The number of Topliss-reactive ketones (excluding diaryl/α,β-unsaturated/α-hetero) is 1. The van der Waals surface area contributed by atoms with Crippen molar-refractivity contribution in [1.29, 1.82) is 0 Å². The van der Waals surface area contributed by atoms with Gasteiger partial charge in [0.1, 0.15) is 24.4 Å². The Morgan fingerprint density at radius 3 is 2.20 bits per heavy atom. The lowest BCUT2D eigenvalue weighted by Crippen LogP contribution is -2.58. The highest BCUT2D eigenvalue weighted by Crippen LogP contribution is 2.24. The van der Waals surface area contributed by atoms with Crippen LogP contribution in [0.5, 0.6) is 0 Å². The van der Waals surface area contributed by atoms with Gasteiger partial charge in [-0.25, -0.2) is 0 Å². The zero-order valence-electron chi connectivity index (χ0n) is 10.8. The van der Waals surface area contributed by atoms with Gasteiger partial charge in [-0.05, 0) is 0 Å². The summed E-state index contributed by atoms with van der Waals surface area (Å²) in [6.45, 7) is -0.499. The largest absolute Gasteiger partial charge is 0.394 e. The van der Waals surface area contributed by atoms with Crippen molar-refractivity contribution in [2.45, 2.75) is 36.9 Å². The van der Waals surface area contributed by atoms with Gasteiger partial charge >= 0.3 is 0 Å². The van der Waals surface area contributed by atoms with Crippen molar-refractivity contribution >= 4 is 5.78 Å². The first-order valence-corrected chi connectivity index (χ1v) is 6.43. The van der Waals surface area contributed by atoms with Crippen LogP contribution in [0.3, 0.4) is 0 Å². The predicted octanol–water partition coefficient (Wildman–Crippen LogP) is -0.898. The van der Waals surface area contributed by atoms with E-state index < -0.39 is 37.1 Å². The number of ketones is 1. The molecule has 6 nitrogen and oxygen atoms in total. The van der Waals surface area contributed by atoms with Crippen molar-refractivity contribution in [2.75, 3.05) is 6.61 Å². The molecule has 5 atom stereocenters. The third-order valence-corrected chi connectivity index (χ3v) is 3.47. The zero-order chi connectivity index (χ0) is 14.7. The normalized spacial score (nSPS) is 33.9. The number of carbonyl (C=O) groups excluding carboxylic acids is 1. The van der Waals surface area contributed by atoms with Crippen molar-refractivity contribution in [2.24, 2.45) is 0 Å². The van der Waals surface area contributed by atoms with Crippen LogP contribution in [0, 0.1) is 0 Å². The Bertz CT molecular complexity index is 446. The average molecular weight is 282 g/mol. The van der Waals surface area contributed by atoms with Crippen molar-refractivity contribution in [3.63, 3.8) is 0 Å². The summed E-state index contributed by atoms with van der Waals surface area (Å²) in [6, 6.07) is 8.52. The molecule has 0 bridgehead atoms. The lowest BCUT2D eigenvalue weighted by Gasteiger charge is -2.39. The summed E-state index contributed by atoms with van der Waals surface area (Å²) in [5, 5.41) is 38.2. The van der Waals surface area contributed by atoms with Gasteiger partial charge in [-0.2, -0.15) is 0 Å². The van der Waals surface area contributed by atoms with E-state index >= 15 is 0 Å². The Balaban J connectivity index is 2.06. The smallest absolute Gasteiger partial charge is 0.165 e. The molecule has 1 aromatic rings. The number of ether oxygens (including phenoxy) is 1. The summed E-state index contributed by atoms with van der Waals surface area (Å²) < 4.78 is 5.29. The van der Waals surface area contributed by atoms with E-state index in [0.29, 0.717) is 5.56 Å². The lowest BCUT2D eigenvalue weighted by molar-refractivity contribution is -0.227. The Kier molecular flexibility index (Phi) is 4.85. The van der Waals surface area contributed by atoms with Gasteiger partial charge in [-0.1, -0.05) is 30.3 Å². The number of aliphatic hydroxyl groups is 4. The first-order valence-electron chi connectivity index (χ1n) is 6.43. The fraction of sp³-hybridized carbons (Fsp3) is 0.500. The van der Waals surface area contributed by atoms with E-state index in [1.165, 1.54) is 0 Å². The molecule has 20 heavy (non-hydrogen) atoms. The Labute approximate surface area is 116 Å². The maximum atomic E-state index is 12.0. The first kappa shape index (κ1) is 15.1. The Morgan fingerprint density at radius 1 is 1.00 bits per heavy atom. The van der Waals surface area contributed by atoms with Gasteiger partial charge in [0.25, 0.3) is 0 Å². The molecular weight excluding hydrogens is 264 g/mol. The predicted molar refractivity (Wildman–Crippen MR) is 69.2 cm³/mol. The molecule has 0 radical (unpaired) electrons. The van der Waals surface area contributed by atoms with Crippen molar-refractivity contribution in [3.05, 3.63) is 35.9 Å². The van der Waals surface area contributed by atoms with E-state index in [2.05, 4.69) is 0 Å². The molecule has 3 unspecified atom stereocenters. The molecule has 0 amide bonds. The van der Waals surface area contributed by atoms with Crippen molar-refractivity contribution < 1.29 is 30.0 Å². The maximum absolute atomic E-state index is 12.0. The standard InChI is InChI=1S/C14H18O6/c15-7-11-13(18)14(19)12(17)10(20-11)6-9(16)8-4-2-1-3-5-8/h1-5,10-15,17-19H,6-7H2/t10-,11?,12?,13+,14?/m0/s1. The molecule has 0 aromatic heterocycles. The van der Waals surface area contributed by atoms with Gasteiger partial charge in [-0.3, -0.25) is 4.79 Å². The average Bonchev–Trinajstić information content (AvgIpc) is 2.48. The van der Waals surface area contributed by atoms with Gasteiger partial charge < -0.3 is 25.2 Å². The highest BCUT2D eigenvalue weighted by molar-refractivity contribution is 5.96. The van der Waals surface area contributed by atoms with Crippen molar-refractivity contribution in [3.8, 4) is 0 Å². The van der Waals surface area contributed by atoms with Gasteiger partial charge in [-0.15, -0.1) is 0 Å². The summed E-state index contributed by atoms with van der Waals surface area (Å²) in [5.41, 5.74) is 0.476. The van der Waals surface area contributed by atoms with Gasteiger partial charge in [0.15, 0.2) is 5.78 Å². The SMILES string of the molecule is O=C(C[C@@H]1OC(CO)[C@@H](O)C(O)C1O)c1ccccc1. The van der Waals surface area contributed by atoms with Gasteiger partial charge in [0, 0.05) is 12.0 Å². The zero-order valence-corrected chi connectivity index (χ0v) is 10.8. The monoisotopic (exact) mass is 282 g/mol. The molecule has 1 aromatic carbocycles. The number of aliphatic hydroxyl groups excluding tert-OH is 4. The number of hydrogen-bond acceptors (Lipinski definition) is 6. The third-order valence-electron chi connectivity index (χ3n) is 3.47. The number of carbonyl (C=O) groups is 1. The van der Waals surface area contributed by atoms with Gasteiger partial charge in [0.2, 0.25) is 0 Å². The molecule has 6 heteroatoms. The third kappa shape index (κ3) is 3.05. The van der Waals surface area contributed by atoms with E-state index in [4.69, 9.17) is 9.84 Å². The van der Waals surface area contributed by atoms with Crippen LogP contribution in [0.2, 0.25) is 0 Å².